The van der Waals surface area contributed by atoms with E-state index in [-0.39, 0.29) is 10.8 Å². The van der Waals surface area contributed by atoms with Crippen molar-refractivity contribution in [1.82, 2.24) is 9.21 Å². The summed E-state index contributed by atoms with van der Waals surface area (Å²) in [6, 6.07) is 14.7. The third kappa shape index (κ3) is 6.15. The zero-order valence-corrected chi connectivity index (χ0v) is 17.8. The zero-order valence-electron chi connectivity index (χ0n) is 17.0. The lowest BCUT2D eigenvalue weighted by atomic mass is 10.1. The summed E-state index contributed by atoms with van der Waals surface area (Å²) in [7, 11) is 1.50. The highest BCUT2D eigenvalue weighted by atomic mass is 32.2. The average Bonchev–Trinajstić information content (AvgIpc) is 2.67. The van der Waals surface area contributed by atoms with Gasteiger partial charge in [-0.3, -0.25) is 4.79 Å². The van der Waals surface area contributed by atoms with E-state index in [1.807, 2.05) is 7.05 Å². The summed E-state index contributed by atoms with van der Waals surface area (Å²) in [5.41, 5.74) is 3.12. The van der Waals surface area contributed by atoms with Crippen LogP contribution < -0.4 is 5.32 Å². The van der Waals surface area contributed by atoms with E-state index in [1.54, 1.807) is 12.1 Å². The van der Waals surface area contributed by atoms with Crippen molar-refractivity contribution in [2.45, 2.75) is 31.2 Å². The van der Waals surface area contributed by atoms with Crippen LogP contribution in [0.5, 0.6) is 0 Å². The quantitative estimate of drug-likeness (QED) is 0.699. The van der Waals surface area contributed by atoms with Gasteiger partial charge in [0.05, 0.1) is 4.90 Å². The summed E-state index contributed by atoms with van der Waals surface area (Å²) in [5, 5.41) is 2.81. The molecule has 1 N–H and O–H groups in total. The SMILES string of the molecule is CCc1ccc(CN(C)CCC(=O)Nc2ccc(S(=O)(=O)N(C)C)cc2)cc1. The van der Waals surface area contributed by atoms with Crippen molar-refractivity contribution in [3.63, 3.8) is 0 Å². The van der Waals surface area contributed by atoms with Crippen LogP contribution in [0.1, 0.15) is 24.5 Å². The Bertz CT molecular complexity index is 876. The van der Waals surface area contributed by atoms with Crippen molar-refractivity contribution in [2.24, 2.45) is 0 Å². The van der Waals surface area contributed by atoms with Gasteiger partial charge in [0.2, 0.25) is 15.9 Å². The van der Waals surface area contributed by atoms with Gasteiger partial charge in [-0.1, -0.05) is 31.2 Å². The van der Waals surface area contributed by atoms with E-state index >= 15 is 0 Å². The average molecular weight is 404 g/mol. The molecule has 0 aliphatic heterocycles. The first-order valence-corrected chi connectivity index (χ1v) is 10.7. The summed E-state index contributed by atoms with van der Waals surface area (Å²) in [6.07, 6.45) is 1.39. The number of aryl methyl sites for hydroxylation is 1. The molecule has 0 saturated carbocycles. The fourth-order valence-corrected chi connectivity index (χ4v) is 3.61. The highest BCUT2D eigenvalue weighted by molar-refractivity contribution is 7.89. The Labute approximate surface area is 168 Å². The summed E-state index contributed by atoms with van der Waals surface area (Å²) in [6.45, 7) is 3.55. The normalized spacial score (nSPS) is 11.8. The Hall–Kier alpha value is -2.22. The maximum absolute atomic E-state index is 12.2. The topological polar surface area (TPSA) is 69.7 Å². The lowest BCUT2D eigenvalue weighted by Crippen LogP contribution is -2.24. The Morgan fingerprint density at radius 1 is 0.929 bits per heavy atom. The number of hydrogen-bond acceptors (Lipinski definition) is 4. The molecule has 0 aliphatic rings. The number of benzene rings is 2. The lowest BCUT2D eigenvalue weighted by Gasteiger charge is -2.17. The third-order valence-electron chi connectivity index (χ3n) is 4.52. The van der Waals surface area contributed by atoms with Crippen molar-refractivity contribution < 1.29 is 13.2 Å². The molecule has 0 bridgehead atoms. The van der Waals surface area contributed by atoms with Crippen LogP contribution in [-0.4, -0.2) is 51.2 Å². The number of carbonyl (C=O) groups excluding carboxylic acids is 1. The molecule has 0 aliphatic carbocycles. The molecule has 152 valence electrons. The van der Waals surface area contributed by atoms with Gasteiger partial charge in [-0.2, -0.15) is 0 Å². The molecule has 7 heteroatoms. The molecule has 0 fully saturated rings. The largest absolute Gasteiger partial charge is 0.326 e. The first kappa shape index (κ1) is 22.1. The first-order valence-electron chi connectivity index (χ1n) is 9.31. The molecule has 28 heavy (non-hydrogen) atoms. The zero-order chi connectivity index (χ0) is 20.7. The van der Waals surface area contributed by atoms with Gasteiger partial charge in [0.15, 0.2) is 0 Å². The second-order valence-corrected chi connectivity index (χ2v) is 9.17. The second-order valence-electron chi connectivity index (χ2n) is 7.02. The van der Waals surface area contributed by atoms with Crippen LogP contribution in [0.15, 0.2) is 53.4 Å². The minimum absolute atomic E-state index is 0.101. The van der Waals surface area contributed by atoms with Gasteiger partial charge in [0.1, 0.15) is 0 Å². The van der Waals surface area contributed by atoms with Crippen molar-refractivity contribution in [3.8, 4) is 0 Å². The van der Waals surface area contributed by atoms with Gasteiger partial charge in [0.25, 0.3) is 0 Å². The van der Waals surface area contributed by atoms with Crippen LogP contribution in [-0.2, 0) is 27.8 Å². The van der Waals surface area contributed by atoms with E-state index in [1.165, 1.54) is 37.4 Å². The van der Waals surface area contributed by atoms with Gasteiger partial charge in [-0.05, 0) is 48.9 Å². The molecule has 0 spiro atoms. The fraction of sp³-hybridized carbons (Fsp3) is 0.381. The Balaban J connectivity index is 1.83. The number of hydrogen-bond donors (Lipinski definition) is 1. The minimum atomic E-state index is -3.46. The van der Waals surface area contributed by atoms with Gasteiger partial charge in [-0.25, -0.2) is 12.7 Å². The predicted molar refractivity (Wildman–Crippen MR) is 113 cm³/mol. The maximum atomic E-state index is 12.2. The van der Waals surface area contributed by atoms with Crippen LogP contribution >= 0.6 is 0 Å². The van der Waals surface area contributed by atoms with Crippen molar-refractivity contribution in [2.75, 3.05) is 33.0 Å². The van der Waals surface area contributed by atoms with Gasteiger partial charge >= 0.3 is 0 Å². The van der Waals surface area contributed by atoms with Gasteiger partial charge in [0, 0.05) is 39.3 Å². The molecule has 2 rings (SSSR count). The van der Waals surface area contributed by atoms with Crippen molar-refractivity contribution in [1.29, 1.82) is 0 Å². The van der Waals surface area contributed by atoms with E-state index in [0.717, 1.165) is 17.3 Å². The van der Waals surface area contributed by atoms with Crippen LogP contribution in [0, 0.1) is 0 Å². The monoisotopic (exact) mass is 403 g/mol. The van der Waals surface area contributed by atoms with E-state index in [4.69, 9.17) is 0 Å². The molecule has 1 amide bonds. The summed E-state index contributed by atoms with van der Waals surface area (Å²) in [4.78, 5) is 14.5. The smallest absolute Gasteiger partial charge is 0.242 e. The number of amides is 1. The highest BCUT2D eigenvalue weighted by Gasteiger charge is 2.16. The number of sulfonamides is 1. The summed E-state index contributed by atoms with van der Waals surface area (Å²) >= 11 is 0. The Morgan fingerprint density at radius 3 is 2.04 bits per heavy atom. The molecular weight excluding hydrogens is 374 g/mol. The Kier molecular flexibility index (Phi) is 7.74. The molecular formula is C21H29N3O3S. The molecule has 2 aromatic rings. The maximum Gasteiger partial charge on any atom is 0.242 e. The lowest BCUT2D eigenvalue weighted by molar-refractivity contribution is -0.116. The minimum Gasteiger partial charge on any atom is -0.326 e. The summed E-state index contributed by atoms with van der Waals surface area (Å²) in [5.74, 6) is -0.101. The fourth-order valence-electron chi connectivity index (χ4n) is 2.71. The van der Waals surface area contributed by atoms with E-state index in [2.05, 4.69) is 41.4 Å². The van der Waals surface area contributed by atoms with Gasteiger partial charge < -0.3 is 10.2 Å². The van der Waals surface area contributed by atoms with Crippen LogP contribution in [0.25, 0.3) is 0 Å². The molecule has 0 atom stereocenters. The molecule has 0 heterocycles. The van der Waals surface area contributed by atoms with E-state index in [9.17, 15) is 13.2 Å². The Morgan fingerprint density at radius 2 is 1.50 bits per heavy atom. The van der Waals surface area contributed by atoms with Crippen LogP contribution in [0.4, 0.5) is 5.69 Å². The number of carbonyl (C=O) groups is 1. The molecule has 2 aromatic carbocycles. The number of nitrogens with zero attached hydrogens (tertiary/aromatic N) is 2. The van der Waals surface area contributed by atoms with Gasteiger partial charge in [-0.15, -0.1) is 0 Å². The number of anilines is 1. The van der Waals surface area contributed by atoms with Crippen LogP contribution in [0.3, 0.4) is 0 Å². The molecule has 0 aromatic heterocycles. The standard InChI is InChI=1S/C21H29N3O3S/c1-5-17-6-8-18(9-7-17)16-24(4)15-14-21(25)22-19-10-12-20(13-11-19)28(26,27)23(2)3/h6-13H,5,14-16H2,1-4H3,(H,22,25). The van der Waals surface area contributed by atoms with Crippen molar-refractivity contribution >= 4 is 21.6 Å². The third-order valence-corrected chi connectivity index (χ3v) is 6.35. The number of rotatable bonds is 9. The summed E-state index contributed by atoms with van der Waals surface area (Å²) < 4.78 is 25.3. The second kappa shape index (κ2) is 9.82. The molecule has 0 saturated heterocycles. The molecule has 6 nitrogen and oxygen atoms in total. The van der Waals surface area contributed by atoms with Crippen molar-refractivity contribution in [3.05, 3.63) is 59.7 Å². The molecule has 0 unspecified atom stereocenters. The van der Waals surface area contributed by atoms with E-state index in [0.29, 0.717) is 18.7 Å². The predicted octanol–water partition coefficient (Wildman–Crippen LogP) is 2.96. The van der Waals surface area contributed by atoms with E-state index < -0.39 is 10.0 Å². The molecule has 0 radical (unpaired) electrons. The highest BCUT2D eigenvalue weighted by Crippen LogP contribution is 2.16. The van der Waals surface area contributed by atoms with Crippen LogP contribution in [0.2, 0.25) is 0 Å². The first-order chi connectivity index (χ1) is 13.2. The number of nitrogens with one attached hydrogen (secondary N) is 1.